The lowest BCUT2D eigenvalue weighted by atomic mass is 10.2. The van der Waals surface area contributed by atoms with Gasteiger partial charge in [0.15, 0.2) is 5.82 Å². The molecule has 0 aliphatic heterocycles. The second-order valence-electron chi connectivity index (χ2n) is 3.53. The fourth-order valence-electron chi connectivity index (χ4n) is 1.46. The Balaban J connectivity index is 2.59. The van der Waals surface area contributed by atoms with E-state index in [4.69, 9.17) is 11.6 Å². The highest BCUT2D eigenvalue weighted by Gasteiger charge is 2.09. The highest BCUT2D eigenvalue weighted by molar-refractivity contribution is 6.29. The Kier molecular flexibility index (Phi) is 2.49. The van der Waals surface area contributed by atoms with Gasteiger partial charge in [0.25, 0.3) is 0 Å². The van der Waals surface area contributed by atoms with Crippen LogP contribution in [0.1, 0.15) is 17.0 Å². The van der Waals surface area contributed by atoms with Crippen LogP contribution in [-0.2, 0) is 0 Å². The minimum Gasteiger partial charge on any atom is -0.219 e. The largest absolute Gasteiger partial charge is 0.219 e. The van der Waals surface area contributed by atoms with Gasteiger partial charge in [-0.1, -0.05) is 17.7 Å². The molecule has 0 unspecified atom stereocenters. The monoisotopic (exact) mass is 221 g/mol. The number of pyridine rings is 1. The van der Waals surface area contributed by atoms with Crippen LogP contribution < -0.4 is 0 Å². The zero-order valence-electron chi connectivity index (χ0n) is 8.95. The molecule has 2 rings (SSSR count). The number of aryl methyl sites for hydroxylation is 1. The number of hydrogen-bond donors (Lipinski definition) is 0. The third-order valence-corrected chi connectivity index (χ3v) is 2.78. The summed E-state index contributed by atoms with van der Waals surface area (Å²) in [5.74, 6) is 0.760. The fourth-order valence-corrected chi connectivity index (χ4v) is 1.62. The molecule has 0 fully saturated rings. The summed E-state index contributed by atoms with van der Waals surface area (Å²) in [5, 5.41) is 4.90. The molecule has 0 spiro atoms. The smallest absolute Gasteiger partial charge is 0.155 e. The molecule has 78 valence electrons. The predicted molar refractivity (Wildman–Crippen MR) is 60.6 cm³/mol. The van der Waals surface area contributed by atoms with Gasteiger partial charge in [0.1, 0.15) is 5.15 Å². The van der Waals surface area contributed by atoms with Crippen molar-refractivity contribution in [2.75, 3.05) is 0 Å². The Hall–Kier alpha value is -1.35. The van der Waals surface area contributed by atoms with Crippen molar-refractivity contribution in [1.82, 2.24) is 14.8 Å². The van der Waals surface area contributed by atoms with Gasteiger partial charge >= 0.3 is 0 Å². The van der Waals surface area contributed by atoms with Crippen molar-refractivity contribution < 1.29 is 0 Å². The van der Waals surface area contributed by atoms with Crippen LogP contribution in [0.3, 0.4) is 0 Å². The van der Waals surface area contributed by atoms with Crippen molar-refractivity contribution in [3.8, 4) is 5.82 Å². The normalized spacial score (nSPS) is 10.7. The fraction of sp³-hybridized carbons (Fsp3) is 0.273. The number of aromatic nitrogens is 3. The summed E-state index contributed by atoms with van der Waals surface area (Å²) in [6.07, 6.45) is 0. The van der Waals surface area contributed by atoms with Gasteiger partial charge in [-0.3, -0.25) is 0 Å². The maximum absolute atomic E-state index is 5.84. The van der Waals surface area contributed by atoms with E-state index in [1.807, 2.05) is 30.7 Å². The van der Waals surface area contributed by atoms with Crippen molar-refractivity contribution in [2.24, 2.45) is 0 Å². The maximum atomic E-state index is 5.84. The van der Waals surface area contributed by atoms with E-state index in [1.54, 1.807) is 6.07 Å². The average molecular weight is 222 g/mol. The highest BCUT2D eigenvalue weighted by atomic mass is 35.5. The lowest BCUT2D eigenvalue weighted by Crippen LogP contribution is -2.01. The van der Waals surface area contributed by atoms with Gasteiger partial charge in [0, 0.05) is 5.69 Å². The van der Waals surface area contributed by atoms with Gasteiger partial charge in [-0.05, 0) is 38.5 Å². The van der Waals surface area contributed by atoms with Crippen molar-refractivity contribution in [1.29, 1.82) is 0 Å². The van der Waals surface area contributed by atoms with Crippen LogP contribution in [0.25, 0.3) is 5.82 Å². The molecule has 0 aliphatic rings. The molecule has 2 heterocycles. The molecule has 0 saturated carbocycles. The number of halogens is 1. The topological polar surface area (TPSA) is 30.7 Å². The molecular weight excluding hydrogens is 210 g/mol. The van der Waals surface area contributed by atoms with E-state index in [2.05, 4.69) is 17.0 Å². The average Bonchev–Trinajstić information content (AvgIpc) is 2.46. The van der Waals surface area contributed by atoms with Crippen LogP contribution in [0.15, 0.2) is 18.2 Å². The first-order chi connectivity index (χ1) is 7.09. The Labute approximate surface area is 93.7 Å². The zero-order chi connectivity index (χ0) is 11.0. The van der Waals surface area contributed by atoms with Crippen LogP contribution in [0.5, 0.6) is 0 Å². The van der Waals surface area contributed by atoms with E-state index in [0.29, 0.717) is 5.15 Å². The molecule has 0 radical (unpaired) electrons. The van der Waals surface area contributed by atoms with E-state index < -0.39 is 0 Å². The van der Waals surface area contributed by atoms with Crippen molar-refractivity contribution in [3.63, 3.8) is 0 Å². The van der Waals surface area contributed by atoms with Gasteiger partial charge < -0.3 is 0 Å². The first-order valence-electron chi connectivity index (χ1n) is 4.75. The first kappa shape index (κ1) is 10.2. The second kappa shape index (κ2) is 3.66. The van der Waals surface area contributed by atoms with Crippen LogP contribution in [0.4, 0.5) is 0 Å². The predicted octanol–water partition coefficient (Wildman–Crippen LogP) is 2.85. The Morgan fingerprint density at radius 1 is 1.20 bits per heavy atom. The summed E-state index contributed by atoms with van der Waals surface area (Å²) in [4.78, 5) is 4.22. The van der Waals surface area contributed by atoms with Crippen molar-refractivity contribution in [3.05, 3.63) is 40.3 Å². The second-order valence-corrected chi connectivity index (χ2v) is 3.91. The van der Waals surface area contributed by atoms with E-state index in [0.717, 1.165) is 17.2 Å². The molecule has 0 aliphatic carbocycles. The molecule has 3 nitrogen and oxygen atoms in total. The minimum absolute atomic E-state index is 0.484. The molecule has 0 amide bonds. The summed E-state index contributed by atoms with van der Waals surface area (Å²) in [6.45, 7) is 6.07. The van der Waals surface area contributed by atoms with Crippen molar-refractivity contribution in [2.45, 2.75) is 20.8 Å². The summed E-state index contributed by atoms with van der Waals surface area (Å²) in [7, 11) is 0. The maximum Gasteiger partial charge on any atom is 0.155 e. The molecular formula is C11H12ClN3. The molecule has 0 N–H and O–H groups in total. The number of hydrogen-bond acceptors (Lipinski definition) is 2. The summed E-state index contributed by atoms with van der Waals surface area (Å²) in [6, 6.07) is 5.52. The molecule has 0 bridgehead atoms. The molecule has 0 aromatic carbocycles. The number of nitrogens with zero attached hydrogens (tertiary/aromatic N) is 3. The lowest BCUT2D eigenvalue weighted by Gasteiger charge is -2.03. The van der Waals surface area contributed by atoms with Crippen LogP contribution >= 0.6 is 11.6 Å². The van der Waals surface area contributed by atoms with Gasteiger partial charge in [-0.25, -0.2) is 9.67 Å². The van der Waals surface area contributed by atoms with Crippen molar-refractivity contribution >= 4 is 11.6 Å². The molecule has 2 aromatic rings. The quantitative estimate of drug-likeness (QED) is 0.694. The molecule has 0 atom stereocenters. The standard InChI is InChI=1S/C11H12ClN3/c1-7-8(2)14-15(9(7)3)11-6-4-5-10(12)13-11/h4-6H,1-3H3. The molecule has 15 heavy (non-hydrogen) atoms. The Morgan fingerprint density at radius 3 is 2.47 bits per heavy atom. The highest BCUT2D eigenvalue weighted by Crippen LogP contribution is 2.16. The molecule has 0 saturated heterocycles. The lowest BCUT2D eigenvalue weighted by molar-refractivity contribution is 0.806. The summed E-state index contributed by atoms with van der Waals surface area (Å²) < 4.78 is 1.82. The molecule has 2 aromatic heterocycles. The zero-order valence-corrected chi connectivity index (χ0v) is 9.71. The van der Waals surface area contributed by atoms with E-state index in [1.165, 1.54) is 5.56 Å². The summed E-state index contributed by atoms with van der Waals surface area (Å²) in [5.41, 5.74) is 3.31. The van der Waals surface area contributed by atoms with Gasteiger partial charge in [0.05, 0.1) is 5.69 Å². The Bertz CT molecular complexity index is 503. The van der Waals surface area contributed by atoms with Gasteiger partial charge in [-0.2, -0.15) is 5.10 Å². The van der Waals surface area contributed by atoms with E-state index in [9.17, 15) is 0 Å². The SMILES string of the molecule is Cc1nn(-c2cccc(Cl)n2)c(C)c1C. The van der Waals surface area contributed by atoms with Gasteiger partial charge in [-0.15, -0.1) is 0 Å². The molecule has 4 heteroatoms. The van der Waals surface area contributed by atoms with Gasteiger partial charge in [0.2, 0.25) is 0 Å². The Morgan fingerprint density at radius 2 is 1.93 bits per heavy atom. The minimum atomic E-state index is 0.484. The van der Waals surface area contributed by atoms with Crippen LogP contribution in [-0.4, -0.2) is 14.8 Å². The third-order valence-electron chi connectivity index (χ3n) is 2.57. The third kappa shape index (κ3) is 1.75. The van der Waals surface area contributed by atoms with Crippen LogP contribution in [0, 0.1) is 20.8 Å². The van der Waals surface area contributed by atoms with E-state index >= 15 is 0 Å². The van der Waals surface area contributed by atoms with Crippen LogP contribution in [0.2, 0.25) is 5.15 Å². The summed E-state index contributed by atoms with van der Waals surface area (Å²) >= 11 is 5.84. The first-order valence-corrected chi connectivity index (χ1v) is 5.13. The number of rotatable bonds is 1. The van der Waals surface area contributed by atoms with E-state index in [-0.39, 0.29) is 0 Å².